The SMILES string of the molecule is Cc1ccc2c(c1)C[C@@H](C)N(C(=O)C1CC1)C2. The number of benzene rings is 1. The Balaban J connectivity index is 1.86. The lowest BCUT2D eigenvalue weighted by Gasteiger charge is -2.35. The van der Waals surface area contributed by atoms with Gasteiger partial charge in [-0.2, -0.15) is 0 Å². The average molecular weight is 229 g/mol. The third-order valence-electron chi connectivity index (χ3n) is 3.96. The zero-order valence-electron chi connectivity index (χ0n) is 10.6. The molecule has 0 N–H and O–H groups in total. The molecule has 0 saturated heterocycles. The first-order valence-electron chi connectivity index (χ1n) is 6.54. The number of rotatable bonds is 1. The van der Waals surface area contributed by atoms with Gasteiger partial charge in [0.1, 0.15) is 0 Å². The topological polar surface area (TPSA) is 20.3 Å². The van der Waals surface area contributed by atoms with Gasteiger partial charge in [0, 0.05) is 18.5 Å². The molecule has 3 rings (SSSR count). The first kappa shape index (κ1) is 10.8. The second kappa shape index (κ2) is 3.86. The molecule has 1 saturated carbocycles. The summed E-state index contributed by atoms with van der Waals surface area (Å²) in [4.78, 5) is 14.3. The zero-order valence-corrected chi connectivity index (χ0v) is 10.6. The van der Waals surface area contributed by atoms with Gasteiger partial charge >= 0.3 is 0 Å². The Labute approximate surface area is 103 Å². The van der Waals surface area contributed by atoms with E-state index in [1.54, 1.807) is 0 Å². The smallest absolute Gasteiger partial charge is 0.226 e. The van der Waals surface area contributed by atoms with Crippen molar-refractivity contribution in [3.8, 4) is 0 Å². The zero-order chi connectivity index (χ0) is 12.0. The first-order valence-corrected chi connectivity index (χ1v) is 6.54. The molecule has 0 aromatic heterocycles. The molecule has 1 atom stereocenters. The summed E-state index contributed by atoms with van der Waals surface area (Å²) in [6, 6.07) is 6.96. The molecule has 2 nitrogen and oxygen atoms in total. The van der Waals surface area contributed by atoms with Crippen LogP contribution in [-0.2, 0) is 17.8 Å². The van der Waals surface area contributed by atoms with Gasteiger partial charge in [-0.1, -0.05) is 23.8 Å². The standard InChI is InChI=1S/C15H19NO/c1-10-3-4-13-9-16(15(17)12-5-6-12)11(2)8-14(13)7-10/h3-4,7,11-12H,5-6,8-9H2,1-2H3/t11-/m1/s1. The van der Waals surface area contributed by atoms with Gasteiger partial charge in [0.05, 0.1) is 0 Å². The molecule has 90 valence electrons. The average Bonchev–Trinajstić information content (AvgIpc) is 3.11. The van der Waals surface area contributed by atoms with Crippen LogP contribution in [0.2, 0.25) is 0 Å². The van der Waals surface area contributed by atoms with E-state index in [-0.39, 0.29) is 0 Å². The van der Waals surface area contributed by atoms with Crippen LogP contribution in [0.25, 0.3) is 0 Å². The minimum atomic E-state index is 0.337. The molecule has 1 aromatic rings. The lowest BCUT2D eigenvalue weighted by atomic mass is 9.93. The van der Waals surface area contributed by atoms with Crippen molar-refractivity contribution in [2.45, 2.75) is 45.7 Å². The highest BCUT2D eigenvalue weighted by atomic mass is 16.2. The van der Waals surface area contributed by atoms with Gasteiger partial charge in [0.25, 0.3) is 0 Å². The van der Waals surface area contributed by atoms with E-state index >= 15 is 0 Å². The van der Waals surface area contributed by atoms with Crippen molar-refractivity contribution in [1.29, 1.82) is 0 Å². The number of nitrogens with zero attached hydrogens (tertiary/aromatic N) is 1. The van der Waals surface area contributed by atoms with Crippen LogP contribution in [0.5, 0.6) is 0 Å². The summed E-state index contributed by atoms with van der Waals surface area (Å²) in [6.07, 6.45) is 3.21. The monoisotopic (exact) mass is 229 g/mol. The summed E-state index contributed by atoms with van der Waals surface area (Å²) in [5.74, 6) is 0.716. The normalized spacial score (nSPS) is 23.4. The molecule has 1 fully saturated rings. The van der Waals surface area contributed by atoms with Crippen molar-refractivity contribution in [2.24, 2.45) is 5.92 Å². The quantitative estimate of drug-likeness (QED) is 0.725. The van der Waals surface area contributed by atoms with Gasteiger partial charge in [0.15, 0.2) is 0 Å². The molecule has 1 aliphatic carbocycles. The fourth-order valence-electron chi connectivity index (χ4n) is 2.73. The van der Waals surface area contributed by atoms with Crippen LogP contribution < -0.4 is 0 Å². The predicted octanol–water partition coefficient (Wildman–Crippen LogP) is 2.68. The lowest BCUT2D eigenvalue weighted by molar-refractivity contribution is -0.135. The van der Waals surface area contributed by atoms with E-state index in [9.17, 15) is 4.79 Å². The third-order valence-corrected chi connectivity index (χ3v) is 3.96. The highest BCUT2D eigenvalue weighted by Gasteiger charge is 2.36. The number of carbonyl (C=O) groups excluding carboxylic acids is 1. The first-order chi connectivity index (χ1) is 8.15. The molecule has 0 radical (unpaired) electrons. The molecule has 1 amide bonds. The number of hydrogen-bond acceptors (Lipinski definition) is 1. The van der Waals surface area contributed by atoms with Crippen LogP contribution in [0, 0.1) is 12.8 Å². The fourth-order valence-corrected chi connectivity index (χ4v) is 2.73. The highest BCUT2D eigenvalue weighted by Crippen LogP contribution is 2.34. The van der Waals surface area contributed by atoms with Gasteiger partial charge in [0.2, 0.25) is 5.91 Å². The molecule has 0 bridgehead atoms. The van der Waals surface area contributed by atoms with Gasteiger partial charge in [-0.15, -0.1) is 0 Å². The molecule has 1 aromatic carbocycles. The van der Waals surface area contributed by atoms with Crippen LogP contribution >= 0.6 is 0 Å². The maximum Gasteiger partial charge on any atom is 0.226 e. The summed E-state index contributed by atoms with van der Waals surface area (Å²) in [6.45, 7) is 5.12. The number of amides is 1. The largest absolute Gasteiger partial charge is 0.335 e. The Bertz CT molecular complexity index is 462. The molecule has 0 spiro atoms. The Morgan fingerprint density at radius 2 is 2.06 bits per heavy atom. The molecular weight excluding hydrogens is 210 g/mol. The van der Waals surface area contributed by atoms with Crippen LogP contribution in [0.4, 0.5) is 0 Å². The van der Waals surface area contributed by atoms with Crippen molar-refractivity contribution in [3.63, 3.8) is 0 Å². The van der Waals surface area contributed by atoms with Crippen molar-refractivity contribution in [3.05, 3.63) is 34.9 Å². The van der Waals surface area contributed by atoms with Gasteiger partial charge in [-0.3, -0.25) is 4.79 Å². The summed E-state index contributed by atoms with van der Waals surface area (Å²) in [5, 5.41) is 0. The Morgan fingerprint density at radius 1 is 1.29 bits per heavy atom. The Morgan fingerprint density at radius 3 is 2.76 bits per heavy atom. The van der Waals surface area contributed by atoms with E-state index in [0.717, 1.165) is 25.8 Å². The molecule has 2 heteroatoms. The van der Waals surface area contributed by atoms with Crippen LogP contribution in [0.1, 0.15) is 36.5 Å². The van der Waals surface area contributed by atoms with E-state index < -0.39 is 0 Å². The minimum absolute atomic E-state index is 0.337. The Kier molecular flexibility index (Phi) is 2.46. The maximum atomic E-state index is 12.2. The Hall–Kier alpha value is -1.31. The second-order valence-electron chi connectivity index (χ2n) is 5.57. The van der Waals surface area contributed by atoms with Crippen LogP contribution in [0.3, 0.4) is 0 Å². The van der Waals surface area contributed by atoms with Crippen LogP contribution in [-0.4, -0.2) is 16.8 Å². The van der Waals surface area contributed by atoms with E-state index in [0.29, 0.717) is 17.9 Å². The van der Waals surface area contributed by atoms with Crippen molar-refractivity contribution < 1.29 is 4.79 Å². The van der Waals surface area contributed by atoms with Gasteiger partial charge in [-0.05, 0) is 44.2 Å². The molecule has 0 unspecified atom stereocenters. The highest BCUT2D eigenvalue weighted by molar-refractivity contribution is 5.81. The number of hydrogen-bond donors (Lipinski definition) is 0. The minimum Gasteiger partial charge on any atom is -0.335 e. The summed E-state index contributed by atoms with van der Waals surface area (Å²) < 4.78 is 0. The summed E-state index contributed by atoms with van der Waals surface area (Å²) in [5.41, 5.74) is 4.08. The number of carbonyl (C=O) groups is 1. The maximum absolute atomic E-state index is 12.2. The van der Waals surface area contributed by atoms with E-state index in [1.165, 1.54) is 16.7 Å². The number of aryl methyl sites for hydroxylation is 1. The number of fused-ring (bicyclic) bond motifs is 1. The fraction of sp³-hybridized carbons (Fsp3) is 0.533. The molecule has 1 heterocycles. The van der Waals surface area contributed by atoms with E-state index in [4.69, 9.17) is 0 Å². The molecular formula is C15H19NO. The van der Waals surface area contributed by atoms with Gasteiger partial charge in [-0.25, -0.2) is 0 Å². The van der Waals surface area contributed by atoms with E-state index in [1.807, 2.05) is 0 Å². The van der Waals surface area contributed by atoms with Crippen LogP contribution in [0.15, 0.2) is 18.2 Å². The second-order valence-corrected chi connectivity index (χ2v) is 5.57. The summed E-state index contributed by atoms with van der Waals surface area (Å²) >= 11 is 0. The van der Waals surface area contributed by atoms with Gasteiger partial charge < -0.3 is 4.90 Å². The van der Waals surface area contributed by atoms with Crippen molar-refractivity contribution in [2.75, 3.05) is 0 Å². The molecule has 17 heavy (non-hydrogen) atoms. The lowest BCUT2D eigenvalue weighted by Crippen LogP contribution is -2.43. The molecule has 2 aliphatic rings. The predicted molar refractivity (Wildman–Crippen MR) is 67.6 cm³/mol. The third kappa shape index (κ3) is 1.97. The molecule has 1 aliphatic heterocycles. The van der Waals surface area contributed by atoms with Crippen molar-refractivity contribution >= 4 is 5.91 Å². The van der Waals surface area contributed by atoms with E-state index in [2.05, 4.69) is 36.9 Å². The van der Waals surface area contributed by atoms with Crippen molar-refractivity contribution in [1.82, 2.24) is 4.90 Å². The summed E-state index contributed by atoms with van der Waals surface area (Å²) in [7, 11) is 0.